The van der Waals surface area contributed by atoms with Crippen molar-refractivity contribution in [3.8, 4) is 0 Å². The zero-order chi connectivity index (χ0) is 14.4. The lowest BCUT2D eigenvalue weighted by Gasteiger charge is -2.16. The topological polar surface area (TPSA) is 28.2 Å². The highest BCUT2D eigenvalue weighted by Gasteiger charge is 2.15. The van der Waals surface area contributed by atoms with Crippen molar-refractivity contribution in [2.24, 2.45) is 0 Å². The molecule has 1 aliphatic rings. The largest absolute Gasteiger partial charge is 0.309 e. The van der Waals surface area contributed by atoms with Gasteiger partial charge in [-0.2, -0.15) is 0 Å². The van der Waals surface area contributed by atoms with E-state index in [-0.39, 0.29) is 0 Å². The third kappa shape index (κ3) is 4.54. The Bertz CT molecular complexity index is 392. The monoisotopic (exact) mass is 295 g/mol. The number of nitrogens with zero attached hydrogens (tertiary/aromatic N) is 2. The summed E-state index contributed by atoms with van der Waals surface area (Å²) in [7, 11) is 0. The van der Waals surface area contributed by atoms with E-state index in [0.717, 1.165) is 38.6 Å². The molecular formula is C16H29N3S. The molecule has 0 unspecified atom stereocenters. The Kier molecular flexibility index (Phi) is 6.46. The molecular weight excluding hydrogens is 266 g/mol. The molecule has 0 radical (unpaired) electrons. The fourth-order valence-corrected chi connectivity index (χ4v) is 3.93. The van der Waals surface area contributed by atoms with Crippen molar-refractivity contribution >= 4 is 11.3 Å². The Morgan fingerprint density at radius 3 is 2.60 bits per heavy atom. The molecule has 4 heteroatoms. The summed E-state index contributed by atoms with van der Waals surface area (Å²) in [4.78, 5) is 8.65. The van der Waals surface area contributed by atoms with E-state index in [1.807, 2.05) is 11.3 Å². The highest BCUT2D eigenvalue weighted by atomic mass is 32.1. The van der Waals surface area contributed by atoms with Crippen molar-refractivity contribution in [3.63, 3.8) is 0 Å². The minimum atomic E-state index is 0.746. The van der Waals surface area contributed by atoms with Gasteiger partial charge in [0.15, 0.2) is 0 Å². The normalized spacial score (nSPS) is 16.4. The third-order valence-electron chi connectivity index (χ3n) is 4.38. The minimum absolute atomic E-state index is 0.746. The second kappa shape index (κ2) is 8.11. The molecule has 1 aromatic heterocycles. The Balaban J connectivity index is 1.81. The van der Waals surface area contributed by atoms with Gasteiger partial charge in [0.25, 0.3) is 0 Å². The number of aryl methyl sites for hydroxylation is 1. The molecule has 3 nitrogen and oxygen atoms in total. The van der Waals surface area contributed by atoms with Gasteiger partial charge in [0, 0.05) is 30.4 Å². The van der Waals surface area contributed by atoms with Crippen LogP contribution >= 0.6 is 11.3 Å². The number of likely N-dealkylation sites (N-methyl/N-ethyl adjacent to an activating group) is 1. The Morgan fingerprint density at radius 1 is 1.25 bits per heavy atom. The van der Waals surface area contributed by atoms with E-state index >= 15 is 0 Å². The molecule has 1 N–H and O–H groups in total. The molecule has 0 atom stereocenters. The van der Waals surface area contributed by atoms with Gasteiger partial charge in [0.2, 0.25) is 0 Å². The van der Waals surface area contributed by atoms with Gasteiger partial charge in [-0.3, -0.25) is 0 Å². The van der Waals surface area contributed by atoms with Crippen LogP contribution in [0.15, 0.2) is 0 Å². The maximum atomic E-state index is 4.75. The lowest BCUT2D eigenvalue weighted by atomic mass is 10.2. The van der Waals surface area contributed by atoms with Crippen LogP contribution in [-0.4, -0.2) is 35.6 Å². The molecule has 1 aliphatic carbocycles. The fourth-order valence-electron chi connectivity index (χ4n) is 2.92. The van der Waals surface area contributed by atoms with E-state index in [1.54, 1.807) is 0 Å². The van der Waals surface area contributed by atoms with Crippen LogP contribution < -0.4 is 5.32 Å². The van der Waals surface area contributed by atoms with Crippen LogP contribution in [0.5, 0.6) is 0 Å². The van der Waals surface area contributed by atoms with Gasteiger partial charge in [0.1, 0.15) is 0 Å². The van der Waals surface area contributed by atoms with Crippen LogP contribution in [0.4, 0.5) is 0 Å². The summed E-state index contributed by atoms with van der Waals surface area (Å²) in [6.07, 6.45) is 6.60. The van der Waals surface area contributed by atoms with Gasteiger partial charge in [-0.15, -0.1) is 11.3 Å². The predicted octanol–water partition coefficient (Wildman–Crippen LogP) is 3.37. The van der Waals surface area contributed by atoms with Crippen molar-refractivity contribution in [1.29, 1.82) is 0 Å². The third-order valence-corrected chi connectivity index (χ3v) is 5.60. The number of nitrogens with one attached hydrogen (secondary N) is 1. The van der Waals surface area contributed by atoms with E-state index in [2.05, 4.69) is 31.0 Å². The lowest BCUT2D eigenvalue weighted by Crippen LogP contribution is -2.25. The van der Waals surface area contributed by atoms with Crippen LogP contribution in [0.2, 0.25) is 0 Å². The van der Waals surface area contributed by atoms with Crippen LogP contribution in [0.3, 0.4) is 0 Å². The van der Waals surface area contributed by atoms with Gasteiger partial charge < -0.3 is 10.2 Å². The zero-order valence-corrected chi connectivity index (χ0v) is 14.1. The van der Waals surface area contributed by atoms with E-state index in [4.69, 9.17) is 4.98 Å². The van der Waals surface area contributed by atoms with E-state index in [0.29, 0.717) is 0 Å². The van der Waals surface area contributed by atoms with Crippen LogP contribution in [-0.2, 0) is 13.0 Å². The lowest BCUT2D eigenvalue weighted by molar-refractivity contribution is 0.308. The number of thiazole rings is 1. The van der Waals surface area contributed by atoms with Crippen molar-refractivity contribution in [3.05, 3.63) is 15.6 Å². The van der Waals surface area contributed by atoms with Crippen molar-refractivity contribution in [1.82, 2.24) is 15.2 Å². The maximum absolute atomic E-state index is 4.75. The molecule has 0 bridgehead atoms. The maximum Gasteiger partial charge on any atom is 0.0944 e. The molecule has 1 heterocycles. The van der Waals surface area contributed by atoms with E-state index in [9.17, 15) is 0 Å². The predicted molar refractivity (Wildman–Crippen MR) is 87.4 cm³/mol. The fraction of sp³-hybridized carbons (Fsp3) is 0.812. The standard InChI is InChI=1S/C16H29N3S/c1-4-19(5-2)11-10-16-18-13(3)15(20-16)12-17-14-8-6-7-9-14/h14,17H,4-12H2,1-3H3. The van der Waals surface area contributed by atoms with Gasteiger partial charge in [-0.1, -0.05) is 26.7 Å². The molecule has 2 rings (SSSR count). The molecule has 0 amide bonds. The van der Waals surface area contributed by atoms with Gasteiger partial charge in [-0.25, -0.2) is 4.98 Å². The average Bonchev–Trinajstić information content (AvgIpc) is 3.07. The Morgan fingerprint density at radius 2 is 1.95 bits per heavy atom. The molecule has 0 aromatic carbocycles. The molecule has 1 fully saturated rings. The molecule has 1 aromatic rings. The van der Waals surface area contributed by atoms with Gasteiger partial charge in [-0.05, 0) is 32.9 Å². The van der Waals surface area contributed by atoms with E-state index in [1.165, 1.54) is 41.3 Å². The van der Waals surface area contributed by atoms with Crippen LogP contribution in [0.1, 0.15) is 55.1 Å². The summed E-state index contributed by atoms with van der Waals surface area (Å²) in [6, 6.07) is 0.746. The summed E-state index contributed by atoms with van der Waals surface area (Å²) in [5.41, 5.74) is 1.23. The van der Waals surface area contributed by atoms with Crippen LogP contribution in [0.25, 0.3) is 0 Å². The van der Waals surface area contributed by atoms with Crippen molar-refractivity contribution in [2.75, 3.05) is 19.6 Å². The molecule has 1 saturated carbocycles. The highest BCUT2D eigenvalue weighted by molar-refractivity contribution is 7.11. The van der Waals surface area contributed by atoms with Crippen molar-refractivity contribution in [2.45, 2.75) is 65.5 Å². The quantitative estimate of drug-likeness (QED) is 0.797. The summed E-state index contributed by atoms with van der Waals surface area (Å²) < 4.78 is 0. The first-order valence-electron chi connectivity index (χ1n) is 8.13. The summed E-state index contributed by atoms with van der Waals surface area (Å²) in [5.74, 6) is 0. The molecule has 0 aliphatic heterocycles. The highest BCUT2D eigenvalue weighted by Crippen LogP contribution is 2.21. The number of hydrogen-bond acceptors (Lipinski definition) is 4. The summed E-state index contributed by atoms with van der Waals surface area (Å²) in [6.45, 7) is 11.0. The molecule has 114 valence electrons. The summed E-state index contributed by atoms with van der Waals surface area (Å²) >= 11 is 1.91. The van der Waals surface area contributed by atoms with Crippen molar-refractivity contribution < 1.29 is 0 Å². The molecule has 0 spiro atoms. The first-order chi connectivity index (χ1) is 9.72. The average molecular weight is 295 g/mol. The second-order valence-corrected chi connectivity index (χ2v) is 6.92. The SMILES string of the molecule is CCN(CC)CCc1nc(C)c(CNC2CCCC2)s1. The van der Waals surface area contributed by atoms with Gasteiger partial charge in [0.05, 0.1) is 10.7 Å². The zero-order valence-electron chi connectivity index (χ0n) is 13.2. The van der Waals surface area contributed by atoms with E-state index < -0.39 is 0 Å². The number of aromatic nitrogens is 1. The summed E-state index contributed by atoms with van der Waals surface area (Å²) in [5, 5.41) is 5.00. The van der Waals surface area contributed by atoms with Crippen LogP contribution in [0, 0.1) is 6.92 Å². The first kappa shape index (κ1) is 15.9. The van der Waals surface area contributed by atoms with Gasteiger partial charge >= 0.3 is 0 Å². The second-order valence-electron chi connectivity index (χ2n) is 5.76. The Labute approximate surface area is 127 Å². The first-order valence-corrected chi connectivity index (χ1v) is 8.95. The number of rotatable bonds is 8. The molecule has 20 heavy (non-hydrogen) atoms. The Hall–Kier alpha value is -0.450. The molecule has 0 saturated heterocycles. The number of hydrogen-bond donors (Lipinski definition) is 1. The smallest absolute Gasteiger partial charge is 0.0944 e. The minimum Gasteiger partial charge on any atom is -0.309 e.